The van der Waals surface area contributed by atoms with Crippen LogP contribution in [0.5, 0.6) is 0 Å². The maximum Gasteiger partial charge on any atom is 0.270 e. The molecule has 0 radical (unpaired) electrons. The Kier molecular flexibility index (Phi) is 3.33. The van der Waals surface area contributed by atoms with Gasteiger partial charge in [0.05, 0.1) is 16.1 Å². The molecule has 6 nitrogen and oxygen atoms in total. The molecule has 0 saturated carbocycles. The van der Waals surface area contributed by atoms with E-state index in [1.54, 1.807) is 0 Å². The van der Waals surface area contributed by atoms with Crippen LogP contribution in [-0.2, 0) is 0 Å². The van der Waals surface area contributed by atoms with Crippen molar-refractivity contribution in [3.63, 3.8) is 0 Å². The highest BCUT2D eigenvalue weighted by molar-refractivity contribution is 6.21. The molecule has 0 fully saturated rings. The summed E-state index contributed by atoms with van der Waals surface area (Å²) >= 11 is 0. The van der Waals surface area contributed by atoms with E-state index < -0.39 is 10.8 Å². The van der Waals surface area contributed by atoms with Crippen LogP contribution >= 0.6 is 0 Å². The van der Waals surface area contributed by atoms with Crippen molar-refractivity contribution in [2.75, 3.05) is 6.54 Å². The summed E-state index contributed by atoms with van der Waals surface area (Å²) in [6, 6.07) is 3.77. The number of fused-ring (bicyclic) bond motifs is 1. The molecule has 1 aliphatic heterocycles. The van der Waals surface area contributed by atoms with E-state index >= 15 is 0 Å². The summed E-state index contributed by atoms with van der Waals surface area (Å²) in [4.78, 5) is 35.4. The molecule has 0 bridgehead atoms. The number of benzene rings is 1. The molecule has 1 aliphatic rings. The Balaban J connectivity index is 2.31. The second kappa shape index (κ2) is 4.79. The lowest BCUT2D eigenvalue weighted by atomic mass is 10.1. The second-order valence-corrected chi connectivity index (χ2v) is 4.93. The van der Waals surface area contributed by atoms with E-state index in [9.17, 15) is 19.7 Å². The molecule has 0 N–H and O–H groups in total. The summed E-state index contributed by atoms with van der Waals surface area (Å²) in [6.45, 7) is 4.35. The summed E-state index contributed by atoms with van der Waals surface area (Å²) < 4.78 is 0. The second-order valence-electron chi connectivity index (χ2n) is 4.93. The van der Waals surface area contributed by atoms with Crippen LogP contribution < -0.4 is 0 Å². The minimum absolute atomic E-state index is 0.128. The zero-order valence-corrected chi connectivity index (χ0v) is 10.8. The Morgan fingerprint density at radius 3 is 2.42 bits per heavy atom. The number of hydrogen-bond acceptors (Lipinski definition) is 4. The highest BCUT2D eigenvalue weighted by atomic mass is 16.6. The number of nitro groups is 1. The van der Waals surface area contributed by atoms with E-state index in [1.807, 2.05) is 13.8 Å². The molecule has 6 heteroatoms. The molecule has 1 aromatic carbocycles. The first-order chi connectivity index (χ1) is 8.91. The van der Waals surface area contributed by atoms with Crippen molar-refractivity contribution in [3.8, 4) is 0 Å². The molecule has 2 rings (SSSR count). The number of carbonyl (C=O) groups excluding carboxylic acids is 2. The molecule has 1 heterocycles. The lowest BCUT2D eigenvalue weighted by Crippen LogP contribution is -2.31. The first kappa shape index (κ1) is 13.2. The first-order valence-corrected chi connectivity index (χ1v) is 6.06. The molecular formula is C13H14N2O4. The van der Waals surface area contributed by atoms with E-state index in [-0.39, 0.29) is 22.7 Å². The smallest absolute Gasteiger partial charge is 0.270 e. The maximum atomic E-state index is 12.1. The van der Waals surface area contributed by atoms with Crippen molar-refractivity contribution >= 4 is 17.5 Å². The predicted octanol–water partition coefficient (Wildman–Crippen LogP) is 2.24. The Labute approximate surface area is 110 Å². The maximum absolute atomic E-state index is 12.1. The Morgan fingerprint density at radius 2 is 1.84 bits per heavy atom. The van der Waals surface area contributed by atoms with Crippen molar-refractivity contribution in [2.24, 2.45) is 5.92 Å². The monoisotopic (exact) mass is 262 g/mol. The third kappa shape index (κ3) is 2.33. The Hall–Kier alpha value is -2.24. The summed E-state index contributed by atoms with van der Waals surface area (Å²) in [7, 11) is 0. The van der Waals surface area contributed by atoms with Crippen molar-refractivity contribution in [1.29, 1.82) is 0 Å². The molecule has 0 atom stereocenters. The van der Waals surface area contributed by atoms with E-state index in [0.717, 1.165) is 4.90 Å². The molecule has 2 amide bonds. The molecule has 100 valence electrons. The number of amides is 2. The highest BCUT2D eigenvalue weighted by Crippen LogP contribution is 2.27. The molecule has 0 saturated heterocycles. The summed E-state index contributed by atoms with van der Waals surface area (Å²) in [5.41, 5.74) is 0.202. The van der Waals surface area contributed by atoms with Gasteiger partial charge in [-0.15, -0.1) is 0 Å². The Morgan fingerprint density at radius 1 is 1.21 bits per heavy atom. The molecule has 0 unspecified atom stereocenters. The Bertz CT molecular complexity index is 566. The minimum Gasteiger partial charge on any atom is -0.274 e. The van der Waals surface area contributed by atoms with Crippen LogP contribution in [-0.4, -0.2) is 28.2 Å². The number of nitro benzene ring substituents is 1. The highest BCUT2D eigenvalue weighted by Gasteiger charge is 2.36. The SMILES string of the molecule is CC(C)CCN1C(=O)c2ccc([N+](=O)[O-])cc2C1=O. The topological polar surface area (TPSA) is 80.5 Å². The fourth-order valence-corrected chi connectivity index (χ4v) is 1.98. The van der Waals surface area contributed by atoms with E-state index in [0.29, 0.717) is 18.9 Å². The zero-order chi connectivity index (χ0) is 14.2. The molecule has 19 heavy (non-hydrogen) atoms. The van der Waals surface area contributed by atoms with Crippen LogP contribution in [0.2, 0.25) is 0 Å². The number of imide groups is 1. The van der Waals surface area contributed by atoms with Crippen LogP contribution in [0.4, 0.5) is 5.69 Å². The van der Waals surface area contributed by atoms with Gasteiger partial charge in [-0.25, -0.2) is 0 Å². The van der Waals surface area contributed by atoms with Gasteiger partial charge in [-0.1, -0.05) is 13.8 Å². The summed E-state index contributed by atoms with van der Waals surface area (Å²) in [6.07, 6.45) is 0.716. The predicted molar refractivity (Wildman–Crippen MR) is 67.9 cm³/mol. The van der Waals surface area contributed by atoms with Crippen molar-refractivity contribution in [3.05, 3.63) is 39.4 Å². The molecular weight excluding hydrogens is 248 g/mol. The first-order valence-electron chi connectivity index (χ1n) is 6.06. The third-order valence-corrected chi connectivity index (χ3v) is 3.10. The lowest BCUT2D eigenvalue weighted by Gasteiger charge is -2.14. The number of rotatable bonds is 4. The average Bonchev–Trinajstić information content (AvgIpc) is 2.59. The number of hydrogen-bond donors (Lipinski definition) is 0. The van der Waals surface area contributed by atoms with Gasteiger partial charge < -0.3 is 0 Å². The fourth-order valence-electron chi connectivity index (χ4n) is 1.98. The lowest BCUT2D eigenvalue weighted by molar-refractivity contribution is -0.384. The normalized spacial score (nSPS) is 14.2. The van der Waals surface area contributed by atoms with Gasteiger partial charge in [-0.2, -0.15) is 0 Å². The summed E-state index contributed by atoms with van der Waals surface area (Å²) in [5, 5.41) is 10.7. The van der Waals surface area contributed by atoms with Gasteiger partial charge in [0.15, 0.2) is 0 Å². The standard InChI is InChI=1S/C13H14N2O4/c1-8(2)5-6-14-12(16)10-4-3-9(15(18)19)7-11(10)13(14)17/h3-4,7-8H,5-6H2,1-2H3. The van der Waals surface area contributed by atoms with Crippen molar-refractivity contribution < 1.29 is 14.5 Å². The number of non-ortho nitro benzene ring substituents is 1. The van der Waals surface area contributed by atoms with Crippen molar-refractivity contribution in [1.82, 2.24) is 4.90 Å². The van der Waals surface area contributed by atoms with Crippen LogP contribution in [0.3, 0.4) is 0 Å². The van der Waals surface area contributed by atoms with Gasteiger partial charge >= 0.3 is 0 Å². The van der Waals surface area contributed by atoms with Crippen LogP contribution in [0.1, 0.15) is 41.0 Å². The largest absolute Gasteiger partial charge is 0.274 e. The van der Waals surface area contributed by atoms with E-state index in [2.05, 4.69) is 0 Å². The fraction of sp³-hybridized carbons (Fsp3) is 0.385. The van der Waals surface area contributed by atoms with Gasteiger partial charge in [0.2, 0.25) is 0 Å². The van der Waals surface area contributed by atoms with Gasteiger partial charge in [0, 0.05) is 18.7 Å². The molecule has 1 aromatic rings. The van der Waals surface area contributed by atoms with Crippen molar-refractivity contribution in [2.45, 2.75) is 20.3 Å². The van der Waals surface area contributed by atoms with Gasteiger partial charge in [0.1, 0.15) is 0 Å². The van der Waals surface area contributed by atoms with Gasteiger partial charge in [-0.3, -0.25) is 24.6 Å². The molecule has 0 aliphatic carbocycles. The number of nitrogens with zero attached hydrogens (tertiary/aromatic N) is 2. The summed E-state index contributed by atoms with van der Waals surface area (Å²) in [5.74, 6) is -0.432. The van der Waals surface area contributed by atoms with Crippen LogP contribution in [0.15, 0.2) is 18.2 Å². The van der Waals surface area contributed by atoms with E-state index in [1.165, 1.54) is 18.2 Å². The minimum atomic E-state index is -0.575. The zero-order valence-electron chi connectivity index (χ0n) is 10.8. The van der Waals surface area contributed by atoms with Gasteiger partial charge in [-0.05, 0) is 18.4 Å². The molecule has 0 aromatic heterocycles. The quantitative estimate of drug-likeness (QED) is 0.473. The average molecular weight is 262 g/mol. The van der Waals surface area contributed by atoms with Gasteiger partial charge in [0.25, 0.3) is 17.5 Å². The third-order valence-electron chi connectivity index (χ3n) is 3.10. The van der Waals surface area contributed by atoms with E-state index in [4.69, 9.17) is 0 Å². The molecule has 0 spiro atoms. The van der Waals surface area contributed by atoms with Crippen LogP contribution in [0, 0.1) is 16.0 Å². The van der Waals surface area contributed by atoms with Crippen LogP contribution in [0.25, 0.3) is 0 Å². The number of carbonyl (C=O) groups is 2.